The van der Waals surface area contributed by atoms with Crippen molar-refractivity contribution >= 4 is 24.3 Å². The van der Waals surface area contributed by atoms with E-state index >= 15 is 0 Å². The summed E-state index contributed by atoms with van der Waals surface area (Å²) in [5, 5.41) is 8.94. The van der Waals surface area contributed by atoms with Gasteiger partial charge in [-0.25, -0.2) is 0 Å². The number of benzene rings is 1. The normalized spacial score (nSPS) is 18.8. The lowest BCUT2D eigenvalue weighted by Gasteiger charge is -2.21. The van der Waals surface area contributed by atoms with Gasteiger partial charge in [-0.15, -0.1) is 12.4 Å². The number of hydrogen-bond donors (Lipinski definition) is 1. The average molecular weight is 314 g/mol. The molecule has 6 heteroatoms. The van der Waals surface area contributed by atoms with Gasteiger partial charge < -0.3 is 14.7 Å². The van der Waals surface area contributed by atoms with Gasteiger partial charge in [0, 0.05) is 13.1 Å². The molecule has 1 N–H and O–H groups in total. The van der Waals surface area contributed by atoms with Crippen LogP contribution in [0.3, 0.4) is 0 Å². The Morgan fingerprint density at radius 1 is 1.33 bits per heavy atom. The fraction of sp³-hybridized carbons (Fsp3) is 0.467. The first kappa shape index (κ1) is 17.3. The molecule has 1 aromatic rings. The smallest absolute Gasteiger partial charge is 0.308 e. The number of carboxylic acids is 1. The highest BCUT2D eigenvalue weighted by Gasteiger charge is 2.33. The Labute approximate surface area is 130 Å². The highest BCUT2D eigenvalue weighted by molar-refractivity contribution is 5.85. The molecule has 1 fully saturated rings. The van der Waals surface area contributed by atoms with Gasteiger partial charge >= 0.3 is 5.97 Å². The summed E-state index contributed by atoms with van der Waals surface area (Å²) >= 11 is 0. The van der Waals surface area contributed by atoms with Crippen molar-refractivity contribution < 1.29 is 19.4 Å². The van der Waals surface area contributed by atoms with E-state index in [0.717, 1.165) is 5.56 Å². The van der Waals surface area contributed by atoms with Crippen molar-refractivity contribution in [2.75, 3.05) is 13.1 Å². The van der Waals surface area contributed by atoms with E-state index in [1.807, 2.05) is 31.2 Å². The Morgan fingerprint density at radius 3 is 2.48 bits per heavy atom. The summed E-state index contributed by atoms with van der Waals surface area (Å²) in [5.41, 5.74) is 1.13. The van der Waals surface area contributed by atoms with Crippen molar-refractivity contribution in [1.82, 2.24) is 4.90 Å². The first-order chi connectivity index (χ1) is 9.47. The lowest BCUT2D eigenvalue weighted by Crippen LogP contribution is -2.39. The number of aryl methyl sites for hydroxylation is 1. The molecule has 116 valence electrons. The standard InChI is InChI=1S/C15H19NO4.ClH/c1-10-3-5-13(6-4-10)20-11(2)14(17)16-8-7-12(9-16)15(18)19;/h3-6,11-12H,7-9H2,1-2H3,(H,18,19);1H. The van der Waals surface area contributed by atoms with Gasteiger partial charge in [0.15, 0.2) is 6.10 Å². The van der Waals surface area contributed by atoms with Crippen LogP contribution in [0.2, 0.25) is 0 Å². The van der Waals surface area contributed by atoms with E-state index in [9.17, 15) is 9.59 Å². The lowest BCUT2D eigenvalue weighted by molar-refractivity contribution is -0.142. The molecule has 0 aromatic heterocycles. The predicted molar refractivity (Wildman–Crippen MR) is 80.8 cm³/mol. The fourth-order valence-electron chi connectivity index (χ4n) is 2.29. The zero-order chi connectivity index (χ0) is 14.7. The molecule has 1 amide bonds. The second kappa shape index (κ2) is 7.31. The van der Waals surface area contributed by atoms with E-state index in [0.29, 0.717) is 18.7 Å². The molecule has 0 spiro atoms. The van der Waals surface area contributed by atoms with Gasteiger partial charge in [0.05, 0.1) is 5.92 Å². The molecule has 1 aliphatic rings. The summed E-state index contributed by atoms with van der Waals surface area (Å²) in [6, 6.07) is 7.48. The SMILES string of the molecule is Cc1ccc(OC(C)C(=O)N2CCC(C(=O)O)C2)cc1.Cl. The minimum Gasteiger partial charge on any atom is -0.481 e. The molecule has 0 radical (unpaired) electrons. The zero-order valence-electron chi connectivity index (χ0n) is 12.1. The molecule has 5 nitrogen and oxygen atoms in total. The van der Waals surface area contributed by atoms with Crippen LogP contribution in [0.25, 0.3) is 0 Å². The predicted octanol–water partition coefficient (Wildman–Crippen LogP) is 2.12. The third-order valence-corrected chi connectivity index (χ3v) is 3.53. The Hall–Kier alpha value is -1.75. The minimum absolute atomic E-state index is 0. The van der Waals surface area contributed by atoms with Crippen LogP contribution >= 0.6 is 12.4 Å². The molecular weight excluding hydrogens is 294 g/mol. The second-order valence-corrected chi connectivity index (χ2v) is 5.18. The van der Waals surface area contributed by atoms with Gasteiger partial charge in [0.25, 0.3) is 5.91 Å². The molecule has 2 rings (SSSR count). The Kier molecular flexibility index (Phi) is 6.03. The van der Waals surface area contributed by atoms with Crippen molar-refractivity contribution in [3.05, 3.63) is 29.8 Å². The third-order valence-electron chi connectivity index (χ3n) is 3.53. The Morgan fingerprint density at radius 2 is 1.95 bits per heavy atom. The highest BCUT2D eigenvalue weighted by Crippen LogP contribution is 2.19. The molecular formula is C15H20ClNO4. The number of hydrogen-bond acceptors (Lipinski definition) is 3. The number of aliphatic carboxylic acids is 1. The number of rotatable bonds is 4. The van der Waals surface area contributed by atoms with E-state index in [-0.39, 0.29) is 24.9 Å². The van der Waals surface area contributed by atoms with Crippen molar-refractivity contribution in [2.45, 2.75) is 26.4 Å². The summed E-state index contributed by atoms with van der Waals surface area (Å²) in [5.74, 6) is -0.808. The van der Waals surface area contributed by atoms with E-state index < -0.39 is 18.0 Å². The van der Waals surface area contributed by atoms with Crippen LogP contribution in [0, 0.1) is 12.8 Å². The number of carbonyl (C=O) groups excluding carboxylic acids is 1. The molecule has 0 saturated carbocycles. The summed E-state index contributed by atoms with van der Waals surface area (Å²) in [7, 11) is 0. The van der Waals surface area contributed by atoms with Crippen LogP contribution < -0.4 is 4.74 Å². The monoisotopic (exact) mass is 313 g/mol. The number of amides is 1. The molecule has 2 unspecified atom stereocenters. The highest BCUT2D eigenvalue weighted by atomic mass is 35.5. The first-order valence-corrected chi connectivity index (χ1v) is 6.72. The summed E-state index contributed by atoms with van der Waals surface area (Å²) in [4.78, 5) is 24.7. The van der Waals surface area contributed by atoms with Crippen molar-refractivity contribution in [1.29, 1.82) is 0 Å². The van der Waals surface area contributed by atoms with Crippen LogP contribution in [0.1, 0.15) is 18.9 Å². The van der Waals surface area contributed by atoms with Crippen molar-refractivity contribution in [2.24, 2.45) is 5.92 Å². The van der Waals surface area contributed by atoms with Gasteiger partial charge in [-0.1, -0.05) is 17.7 Å². The molecule has 2 atom stereocenters. The van der Waals surface area contributed by atoms with Crippen molar-refractivity contribution in [3.8, 4) is 5.75 Å². The van der Waals surface area contributed by atoms with Crippen LogP contribution in [0.15, 0.2) is 24.3 Å². The van der Waals surface area contributed by atoms with E-state index in [1.54, 1.807) is 11.8 Å². The first-order valence-electron chi connectivity index (χ1n) is 6.72. The maximum atomic E-state index is 12.2. The van der Waals surface area contributed by atoms with Gasteiger partial charge in [-0.2, -0.15) is 0 Å². The Balaban J connectivity index is 0.00000220. The fourth-order valence-corrected chi connectivity index (χ4v) is 2.29. The number of carbonyl (C=O) groups is 2. The summed E-state index contributed by atoms with van der Waals surface area (Å²) in [6.45, 7) is 4.43. The molecule has 0 aliphatic carbocycles. The number of nitrogens with zero attached hydrogens (tertiary/aromatic N) is 1. The maximum Gasteiger partial charge on any atom is 0.308 e. The molecule has 1 aromatic carbocycles. The number of carboxylic acid groups (broad SMARTS) is 1. The number of likely N-dealkylation sites (tertiary alicyclic amines) is 1. The Bertz CT molecular complexity index is 503. The third kappa shape index (κ3) is 4.36. The van der Waals surface area contributed by atoms with Gasteiger partial charge in [-0.3, -0.25) is 9.59 Å². The summed E-state index contributed by atoms with van der Waals surface area (Å²) < 4.78 is 5.60. The minimum atomic E-state index is -0.840. The number of halogens is 1. The van der Waals surface area contributed by atoms with E-state index in [4.69, 9.17) is 9.84 Å². The van der Waals surface area contributed by atoms with E-state index in [2.05, 4.69) is 0 Å². The second-order valence-electron chi connectivity index (χ2n) is 5.18. The molecule has 21 heavy (non-hydrogen) atoms. The molecule has 1 saturated heterocycles. The van der Waals surface area contributed by atoms with Crippen LogP contribution in [0.4, 0.5) is 0 Å². The maximum absolute atomic E-state index is 12.2. The van der Waals surface area contributed by atoms with Gasteiger partial charge in [0.2, 0.25) is 0 Å². The topological polar surface area (TPSA) is 66.8 Å². The van der Waals surface area contributed by atoms with Crippen molar-refractivity contribution in [3.63, 3.8) is 0 Å². The molecule has 0 bridgehead atoms. The average Bonchev–Trinajstić information content (AvgIpc) is 2.90. The lowest BCUT2D eigenvalue weighted by atomic mass is 10.1. The largest absolute Gasteiger partial charge is 0.481 e. The van der Waals surface area contributed by atoms with E-state index in [1.165, 1.54) is 0 Å². The molecule has 1 aliphatic heterocycles. The molecule has 1 heterocycles. The number of ether oxygens (including phenoxy) is 1. The van der Waals surface area contributed by atoms with Crippen LogP contribution in [-0.2, 0) is 9.59 Å². The zero-order valence-corrected chi connectivity index (χ0v) is 12.9. The van der Waals surface area contributed by atoms with Gasteiger partial charge in [0.1, 0.15) is 5.75 Å². The summed E-state index contributed by atoms with van der Waals surface area (Å²) in [6.07, 6.45) is -0.0940. The quantitative estimate of drug-likeness (QED) is 0.924. The van der Waals surface area contributed by atoms with Crippen LogP contribution in [0.5, 0.6) is 5.75 Å². The van der Waals surface area contributed by atoms with Gasteiger partial charge in [-0.05, 0) is 32.4 Å². The van der Waals surface area contributed by atoms with Crippen LogP contribution in [-0.4, -0.2) is 41.1 Å².